The molecule has 4 rings (SSSR count). The predicted molar refractivity (Wildman–Crippen MR) is 140 cm³/mol. The number of fused-ring (bicyclic) bond motifs is 1. The highest BCUT2D eigenvalue weighted by molar-refractivity contribution is 14.1. The summed E-state index contributed by atoms with van der Waals surface area (Å²) in [7, 11) is -2.31. The quantitative estimate of drug-likeness (QED) is 0.296. The second-order valence-electron chi connectivity index (χ2n) is 8.62. The summed E-state index contributed by atoms with van der Waals surface area (Å²) in [5.41, 5.74) is 3.44. The van der Waals surface area contributed by atoms with Crippen molar-refractivity contribution in [1.82, 2.24) is 18.0 Å². The van der Waals surface area contributed by atoms with Crippen LogP contribution in [0.5, 0.6) is 5.75 Å². The van der Waals surface area contributed by atoms with Crippen LogP contribution >= 0.6 is 22.9 Å². The predicted octanol–water partition coefficient (Wildman–Crippen LogP) is 3.78. The maximum atomic E-state index is 12.5. The van der Waals surface area contributed by atoms with Gasteiger partial charge in [0.1, 0.15) is 17.6 Å². The minimum atomic E-state index is -3.81. The Bertz CT molecular complexity index is 1450. The molecular weight excluding hydrogens is 597 g/mol. The molecule has 1 atom stereocenters. The summed E-state index contributed by atoms with van der Waals surface area (Å²) in [5, 5.41) is 13.6. The lowest BCUT2D eigenvalue weighted by atomic mass is 10.0. The summed E-state index contributed by atoms with van der Waals surface area (Å²) in [6.07, 6.45) is 1.09. The first kappa shape index (κ1) is 26.1. The second-order valence-corrected chi connectivity index (χ2v) is 11.8. The normalized spacial score (nSPS) is 14.9. The number of halogens is 1. The molecular formula is C24H24IN5O5S. The Kier molecular flexibility index (Phi) is 7.62. The minimum Gasteiger partial charge on any atom is -0.490 e. The molecule has 0 saturated heterocycles. The number of carbonyl (C=O) groups is 1. The highest BCUT2D eigenvalue weighted by Crippen LogP contribution is 2.38. The van der Waals surface area contributed by atoms with Crippen LogP contribution in [-0.2, 0) is 21.2 Å². The van der Waals surface area contributed by atoms with E-state index < -0.39 is 27.7 Å². The molecule has 12 heteroatoms. The summed E-state index contributed by atoms with van der Waals surface area (Å²) >= 11 is 1.75. The van der Waals surface area contributed by atoms with E-state index in [0.717, 1.165) is 16.7 Å². The molecule has 1 amide bonds. The van der Waals surface area contributed by atoms with Gasteiger partial charge in [0.25, 0.3) is 5.89 Å². The molecule has 1 heterocycles. The van der Waals surface area contributed by atoms with Crippen LogP contribution in [0, 0.1) is 11.3 Å². The van der Waals surface area contributed by atoms with Crippen molar-refractivity contribution in [2.75, 3.05) is 12.8 Å². The monoisotopic (exact) mass is 621 g/mol. The van der Waals surface area contributed by atoms with Gasteiger partial charge in [0.15, 0.2) is 0 Å². The Labute approximate surface area is 223 Å². The SMILES string of the molecule is CC(C)Oc1ccc(-c2nc(-c3cccc4c3CC[C@@H]4NS(=O)(=O)CC(=O)N(C)I)no2)cc1C#N. The van der Waals surface area contributed by atoms with E-state index in [4.69, 9.17) is 9.26 Å². The molecule has 1 aliphatic carbocycles. The van der Waals surface area contributed by atoms with Gasteiger partial charge in [-0.3, -0.25) is 7.91 Å². The molecule has 0 radical (unpaired) electrons. The number of carbonyl (C=O) groups excluding carboxylic acids is 1. The molecule has 10 nitrogen and oxygen atoms in total. The van der Waals surface area contributed by atoms with E-state index in [2.05, 4.69) is 20.9 Å². The molecule has 0 fully saturated rings. The minimum absolute atomic E-state index is 0.0699. The Morgan fingerprint density at radius 1 is 1.36 bits per heavy atom. The summed E-state index contributed by atoms with van der Waals surface area (Å²) < 4.78 is 40.1. The van der Waals surface area contributed by atoms with Crippen LogP contribution in [0.1, 0.15) is 43.0 Å². The van der Waals surface area contributed by atoms with Crippen LogP contribution in [0.4, 0.5) is 0 Å². The molecule has 0 aliphatic heterocycles. The number of ether oxygens (including phenoxy) is 1. The molecule has 188 valence electrons. The zero-order valence-electron chi connectivity index (χ0n) is 19.9. The molecule has 0 saturated carbocycles. The highest BCUT2D eigenvalue weighted by atomic mass is 127. The van der Waals surface area contributed by atoms with Gasteiger partial charge in [0.2, 0.25) is 21.8 Å². The van der Waals surface area contributed by atoms with Crippen molar-refractivity contribution in [3.63, 3.8) is 0 Å². The number of aromatic nitrogens is 2. The zero-order chi connectivity index (χ0) is 26.0. The number of nitrogens with zero attached hydrogens (tertiary/aromatic N) is 4. The Balaban J connectivity index is 1.59. The van der Waals surface area contributed by atoms with E-state index in [9.17, 15) is 18.5 Å². The lowest BCUT2D eigenvalue weighted by molar-refractivity contribution is -0.121. The first-order valence-electron chi connectivity index (χ1n) is 11.2. The standard InChI is InChI=1S/C24H24IN5O5S/c1-14(2)34-21-10-7-15(11-16(21)12-26)24-27-23(28-35-24)19-6-4-5-18-17(19)8-9-20(18)29-36(32,33)13-22(31)30(3)25/h4-7,10-11,14,20,29H,8-9,13H2,1-3H3/t20-/m0/s1. The molecule has 1 aromatic heterocycles. The molecule has 36 heavy (non-hydrogen) atoms. The van der Waals surface area contributed by atoms with E-state index in [1.54, 1.807) is 41.1 Å². The van der Waals surface area contributed by atoms with Crippen LogP contribution in [0.3, 0.4) is 0 Å². The van der Waals surface area contributed by atoms with E-state index in [0.29, 0.717) is 35.5 Å². The molecule has 3 aromatic rings. The van der Waals surface area contributed by atoms with E-state index in [1.165, 1.54) is 10.2 Å². The summed E-state index contributed by atoms with van der Waals surface area (Å²) in [6.45, 7) is 3.77. The number of nitrogens with one attached hydrogen (secondary N) is 1. The van der Waals surface area contributed by atoms with Crippen LogP contribution in [0.25, 0.3) is 22.8 Å². The van der Waals surface area contributed by atoms with Gasteiger partial charge in [-0.15, -0.1) is 0 Å². The van der Waals surface area contributed by atoms with E-state index in [1.807, 2.05) is 32.0 Å². The molecule has 1 N–H and O–H groups in total. The molecule has 0 spiro atoms. The number of sulfonamides is 1. The van der Waals surface area contributed by atoms with Crippen molar-refractivity contribution in [3.05, 3.63) is 53.1 Å². The smallest absolute Gasteiger partial charge is 0.258 e. The first-order chi connectivity index (χ1) is 17.1. The third kappa shape index (κ3) is 5.69. The molecule has 1 aliphatic rings. The summed E-state index contributed by atoms with van der Waals surface area (Å²) in [5.74, 6) is -0.00684. The Hall–Kier alpha value is -3.02. The number of nitriles is 1. The van der Waals surface area contributed by atoms with Crippen molar-refractivity contribution in [1.29, 1.82) is 5.26 Å². The van der Waals surface area contributed by atoms with E-state index in [-0.39, 0.29) is 12.0 Å². The number of hydrogen-bond donors (Lipinski definition) is 1. The molecule has 2 aromatic carbocycles. The van der Waals surface area contributed by atoms with Crippen molar-refractivity contribution < 1.29 is 22.5 Å². The lowest BCUT2D eigenvalue weighted by Crippen LogP contribution is -2.35. The van der Waals surface area contributed by atoms with Gasteiger partial charge in [0, 0.05) is 24.2 Å². The van der Waals surface area contributed by atoms with Crippen LogP contribution < -0.4 is 9.46 Å². The molecule has 0 bridgehead atoms. The van der Waals surface area contributed by atoms with Crippen molar-refractivity contribution >= 4 is 38.8 Å². The van der Waals surface area contributed by atoms with E-state index >= 15 is 0 Å². The summed E-state index contributed by atoms with van der Waals surface area (Å²) in [4.78, 5) is 16.4. The topological polar surface area (TPSA) is 138 Å². The summed E-state index contributed by atoms with van der Waals surface area (Å²) in [6, 6.07) is 12.3. The fourth-order valence-corrected chi connectivity index (χ4v) is 5.74. The maximum absolute atomic E-state index is 12.5. The fraction of sp³-hybridized carbons (Fsp3) is 0.333. The maximum Gasteiger partial charge on any atom is 0.258 e. The van der Waals surface area contributed by atoms with Crippen LogP contribution in [-0.4, -0.2) is 46.5 Å². The number of benzene rings is 2. The van der Waals surface area contributed by atoms with Crippen LogP contribution in [0.2, 0.25) is 0 Å². The van der Waals surface area contributed by atoms with Crippen molar-refractivity contribution in [2.24, 2.45) is 0 Å². The van der Waals surface area contributed by atoms with Crippen molar-refractivity contribution in [3.8, 4) is 34.7 Å². The highest BCUT2D eigenvalue weighted by Gasteiger charge is 2.31. The average Bonchev–Trinajstić information content (AvgIpc) is 3.46. The van der Waals surface area contributed by atoms with Gasteiger partial charge < -0.3 is 9.26 Å². The van der Waals surface area contributed by atoms with Gasteiger partial charge in [-0.25, -0.2) is 13.1 Å². The number of rotatable bonds is 8. The molecule has 0 unspecified atom stereocenters. The fourth-order valence-electron chi connectivity index (χ4n) is 4.05. The second kappa shape index (κ2) is 10.5. The van der Waals surface area contributed by atoms with Gasteiger partial charge in [-0.2, -0.15) is 10.2 Å². The first-order valence-corrected chi connectivity index (χ1v) is 13.8. The zero-order valence-corrected chi connectivity index (χ0v) is 22.8. The average molecular weight is 621 g/mol. The third-order valence-electron chi connectivity index (χ3n) is 5.63. The number of hydrogen-bond acceptors (Lipinski definition) is 8. The number of amides is 1. The van der Waals surface area contributed by atoms with Crippen molar-refractivity contribution in [2.45, 2.75) is 38.8 Å². The largest absolute Gasteiger partial charge is 0.490 e. The lowest BCUT2D eigenvalue weighted by Gasteiger charge is -2.15. The van der Waals surface area contributed by atoms with Crippen LogP contribution in [0.15, 0.2) is 40.9 Å². The third-order valence-corrected chi connectivity index (χ3v) is 7.43. The van der Waals surface area contributed by atoms with Gasteiger partial charge in [-0.05, 0) is 56.0 Å². The Morgan fingerprint density at radius 3 is 2.83 bits per heavy atom. The van der Waals surface area contributed by atoms with Gasteiger partial charge in [0.05, 0.1) is 34.5 Å². The van der Waals surface area contributed by atoms with Gasteiger partial charge >= 0.3 is 0 Å². The van der Waals surface area contributed by atoms with Gasteiger partial charge in [-0.1, -0.05) is 23.4 Å². The Morgan fingerprint density at radius 2 is 2.14 bits per heavy atom.